The molecule has 1 aromatic carbocycles. The van der Waals surface area contributed by atoms with Crippen LogP contribution in [0, 0.1) is 11.3 Å². The SMILES string of the molecule is CNC(C(=O)N[C@H](C(=O)N(C)[C@H](/C=C(\C)C(=O)N[C@H](CCC(=O)OC(C)(C)C)C(=O)OC(C)(C)C)C(C)C)C(C)(C)C)C(C)(C)c1ccc(C(=O)OC)cc1. The van der Waals surface area contributed by atoms with Crippen LogP contribution in [0.25, 0.3) is 0 Å². The molecule has 13 heteroatoms. The highest BCUT2D eigenvalue weighted by molar-refractivity contribution is 5.96. The summed E-state index contributed by atoms with van der Waals surface area (Å²) in [7, 11) is 4.62. The van der Waals surface area contributed by atoms with Crippen LogP contribution < -0.4 is 16.0 Å². The topological polar surface area (TPSA) is 169 Å². The third kappa shape index (κ3) is 15.1. The minimum atomic E-state index is -1.13. The number of benzene rings is 1. The van der Waals surface area contributed by atoms with E-state index in [1.807, 2.05) is 48.5 Å². The normalized spacial score (nSPS) is 14.9. The predicted octanol–water partition coefficient (Wildman–Crippen LogP) is 5.25. The Hall–Kier alpha value is -4.26. The Labute approximate surface area is 329 Å². The fourth-order valence-electron chi connectivity index (χ4n) is 6.00. The molecule has 13 nitrogen and oxygen atoms in total. The Bertz CT molecular complexity index is 1540. The highest BCUT2D eigenvalue weighted by Crippen LogP contribution is 2.30. The zero-order valence-corrected chi connectivity index (χ0v) is 36.3. The summed E-state index contributed by atoms with van der Waals surface area (Å²) in [6.45, 7) is 25.2. The van der Waals surface area contributed by atoms with Gasteiger partial charge in [0.05, 0.1) is 24.8 Å². The van der Waals surface area contributed by atoms with E-state index < -0.39 is 75.9 Å². The molecule has 0 radical (unpaired) electrons. The van der Waals surface area contributed by atoms with Gasteiger partial charge in [0, 0.05) is 24.5 Å². The Morgan fingerprint density at radius 1 is 0.800 bits per heavy atom. The zero-order chi connectivity index (χ0) is 42.9. The van der Waals surface area contributed by atoms with E-state index in [1.165, 1.54) is 12.0 Å². The van der Waals surface area contributed by atoms with Crippen LogP contribution in [0.2, 0.25) is 0 Å². The predicted molar refractivity (Wildman–Crippen MR) is 213 cm³/mol. The second-order valence-electron chi connectivity index (χ2n) is 18.0. The van der Waals surface area contributed by atoms with Gasteiger partial charge in [-0.25, -0.2) is 9.59 Å². The number of hydrogen-bond donors (Lipinski definition) is 3. The van der Waals surface area contributed by atoms with Crippen molar-refractivity contribution in [3.63, 3.8) is 0 Å². The molecule has 0 aliphatic heterocycles. The summed E-state index contributed by atoms with van der Waals surface area (Å²) in [6.07, 6.45) is 1.51. The van der Waals surface area contributed by atoms with Crippen LogP contribution in [0.4, 0.5) is 0 Å². The van der Waals surface area contributed by atoms with E-state index in [0.29, 0.717) is 5.56 Å². The van der Waals surface area contributed by atoms with Gasteiger partial charge in [0.15, 0.2) is 0 Å². The molecule has 3 N–H and O–H groups in total. The van der Waals surface area contributed by atoms with Crippen molar-refractivity contribution in [1.82, 2.24) is 20.9 Å². The number of likely N-dealkylation sites (N-methyl/N-ethyl adjacent to an activating group) is 2. The van der Waals surface area contributed by atoms with Crippen LogP contribution in [0.3, 0.4) is 0 Å². The Kier molecular flexibility index (Phi) is 17.3. The van der Waals surface area contributed by atoms with Crippen LogP contribution in [-0.4, -0.2) is 97.1 Å². The number of rotatable bonds is 16. The van der Waals surface area contributed by atoms with E-state index in [-0.39, 0.29) is 30.2 Å². The number of hydrogen-bond acceptors (Lipinski definition) is 10. The number of esters is 3. The highest BCUT2D eigenvalue weighted by atomic mass is 16.6. The van der Waals surface area contributed by atoms with Crippen molar-refractivity contribution in [2.75, 3.05) is 21.2 Å². The molecule has 0 aliphatic carbocycles. The van der Waals surface area contributed by atoms with E-state index in [1.54, 1.807) is 92.9 Å². The summed E-state index contributed by atoms with van der Waals surface area (Å²) in [5.41, 5.74) is -1.59. The summed E-state index contributed by atoms with van der Waals surface area (Å²) in [5, 5.41) is 8.85. The van der Waals surface area contributed by atoms with Crippen molar-refractivity contribution in [1.29, 1.82) is 0 Å². The lowest BCUT2D eigenvalue weighted by Gasteiger charge is -2.40. The van der Waals surface area contributed by atoms with E-state index in [0.717, 1.165) is 5.56 Å². The number of carbonyl (C=O) groups excluding carboxylic acids is 6. The maximum atomic E-state index is 14.3. The Morgan fingerprint density at radius 2 is 1.33 bits per heavy atom. The van der Waals surface area contributed by atoms with Gasteiger partial charge in [-0.1, -0.05) is 66.7 Å². The van der Waals surface area contributed by atoms with Crippen molar-refractivity contribution < 1.29 is 43.0 Å². The molecule has 0 spiro atoms. The second-order valence-corrected chi connectivity index (χ2v) is 18.0. The summed E-state index contributed by atoms with van der Waals surface area (Å²) >= 11 is 0. The molecule has 0 aliphatic rings. The largest absolute Gasteiger partial charge is 0.465 e. The summed E-state index contributed by atoms with van der Waals surface area (Å²) in [6, 6.07) is 3.42. The standard InChI is InChI=1S/C42H68N4O9/c1-25(2)30(24-26(3)34(48)44-29(38(52)55-41(10,11)12)22-23-31(47)54-40(7,8)9)46(16)36(50)33(39(4,5)6)45-35(49)32(43-15)42(13,14)28-20-18-27(19-21-28)37(51)53-17/h18-21,24-25,29-30,32-33,43H,22-23H2,1-17H3,(H,44,48)(H,45,49)/b26-24+/t29-,30-,32?,33-/m1/s1. The number of ether oxygens (including phenoxy) is 3. The number of methoxy groups -OCH3 is 1. The van der Waals surface area contributed by atoms with Crippen LogP contribution in [-0.2, 0) is 43.6 Å². The van der Waals surface area contributed by atoms with Gasteiger partial charge in [0.25, 0.3) is 0 Å². The van der Waals surface area contributed by atoms with Gasteiger partial charge in [-0.2, -0.15) is 0 Å². The van der Waals surface area contributed by atoms with Gasteiger partial charge in [0.2, 0.25) is 17.7 Å². The molecule has 1 unspecified atom stereocenters. The molecular weight excluding hydrogens is 704 g/mol. The number of amides is 3. The van der Waals surface area contributed by atoms with Gasteiger partial charge < -0.3 is 35.1 Å². The molecule has 0 aromatic heterocycles. The summed E-state index contributed by atoms with van der Waals surface area (Å²) in [5.74, 6) is -3.13. The first-order valence-electron chi connectivity index (χ1n) is 18.8. The average molecular weight is 773 g/mol. The Balaban J connectivity index is 3.37. The molecule has 1 rings (SSSR count). The minimum absolute atomic E-state index is 0.0367. The van der Waals surface area contributed by atoms with Gasteiger partial charge in [0.1, 0.15) is 23.3 Å². The first-order valence-corrected chi connectivity index (χ1v) is 18.8. The molecule has 1 aromatic rings. The second kappa shape index (κ2) is 19.6. The fourth-order valence-corrected chi connectivity index (χ4v) is 6.00. The van der Waals surface area contributed by atoms with E-state index in [9.17, 15) is 28.8 Å². The lowest BCUT2D eigenvalue weighted by molar-refractivity contribution is -0.159. The Morgan fingerprint density at radius 3 is 1.76 bits per heavy atom. The molecule has 0 saturated carbocycles. The van der Waals surface area contributed by atoms with Crippen LogP contribution in [0.15, 0.2) is 35.9 Å². The first-order chi connectivity index (χ1) is 25.0. The van der Waals surface area contributed by atoms with Gasteiger partial charge >= 0.3 is 17.9 Å². The molecule has 0 fully saturated rings. The third-order valence-corrected chi connectivity index (χ3v) is 9.03. The molecule has 0 heterocycles. The summed E-state index contributed by atoms with van der Waals surface area (Å²) in [4.78, 5) is 81.1. The minimum Gasteiger partial charge on any atom is -0.465 e. The quantitative estimate of drug-likeness (QED) is 0.115. The molecule has 55 heavy (non-hydrogen) atoms. The fraction of sp³-hybridized carbons (Fsp3) is 0.667. The average Bonchev–Trinajstić information content (AvgIpc) is 3.04. The van der Waals surface area contributed by atoms with Crippen molar-refractivity contribution in [2.24, 2.45) is 11.3 Å². The molecule has 4 atom stereocenters. The lowest BCUT2D eigenvalue weighted by Crippen LogP contribution is -2.61. The van der Waals surface area contributed by atoms with Crippen LogP contribution in [0.1, 0.15) is 126 Å². The summed E-state index contributed by atoms with van der Waals surface area (Å²) < 4.78 is 15.7. The molecule has 0 saturated heterocycles. The van der Waals surface area contributed by atoms with Crippen LogP contribution >= 0.6 is 0 Å². The maximum absolute atomic E-state index is 14.3. The lowest BCUT2D eigenvalue weighted by atomic mass is 9.76. The monoisotopic (exact) mass is 772 g/mol. The highest BCUT2D eigenvalue weighted by Gasteiger charge is 2.42. The number of nitrogens with one attached hydrogen (secondary N) is 3. The van der Waals surface area contributed by atoms with Crippen molar-refractivity contribution >= 4 is 35.6 Å². The van der Waals surface area contributed by atoms with E-state index >= 15 is 0 Å². The van der Waals surface area contributed by atoms with E-state index in [4.69, 9.17) is 14.2 Å². The molecule has 3 amide bonds. The van der Waals surface area contributed by atoms with Gasteiger partial charge in [-0.3, -0.25) is 19.2 Å². The molecule has 310 valence electrons. The first kappa shape index (κ1) is 48.8. The number of carbonyl (C=O) groups is 6. The van der Waals surface area contributed by atoms with Gasteiger partial charge in [-0.05, 0) is 91.0 Å². The van der Waals surface area contributed by atoms with Gasteiger partial charge in [-0.15, -0.1) is 0 Å². The maximum Gasteiger partial charge on any atom is 0.337 e. The molecular formula is C42H68N4O9. The smallest absolute Gasteiger partial charge is 0.337 e. The van der Waals surface area contributed by atoms with E-state index in [2.05, 4.69) is 16.0 Å². The van der Waals surface area contributed by atoms with Crippen molar-refractivity contribution in [3.8, 4) is 0 Å². The van der Waals surface area contributed by atoms with Crippen molar-refractivity contribution in [2.45, 2.75) is 151 Å². The van der Waals surface area contributed by atoms with Crippen molar-refractivity contribution in [3.05, 3.63) is 47.0 Å². The number of nitrogens with zero attached hydrogens (tertiary/aromatic N) is 1. The van der Waals surface area contributed by atoms with Crippen LogP contribution in [0.5, 0.6) is 0 Å². The zero-order valence-electron chi connectivity index (χ0n) is 36.3. The third-order valence-electron chi connectivity index (χ3n) is 9.03. The molecule has 0 bridgehead atoms.